The van der Waals surface area contributed by atoms with Crippen molar-refractivity contribution in [2.45, 2.75) is 45.1 Å². The summed E-state index contributed by atoms with van der Waals surface area (Å²) in [6.07, 6.45) is 5.27. The largest absolute Gasteiger partial charge is 0.382 e. The standard InChI is InChI=1S/C11H17N3O/c1-2-14-7-10(11(12)13-14)8-3-5-9(15)6-4-8/h7-8H,2-6H2,1H3,(H2,12,13). The lowest BCUT2D eigenvalue weighted by Crippen LogP contribution is -2.12. The number of aromatic nitrogens is 2. The van der Waals surface area contributed by atoms with Gasteiger partial charge in [-0.15, -0.1) is 0 Å². The molecular formula is C11H17N3O. The molecule has 82 valence electrons. The van der Waals surface area contributed by atoms with Crippen molar-refractivity contribution in [2.75, 3.05) is 5.73 Å². The molecule has 1 heterocycles. The first-order chi connectivity index (χ1) is 7.20. The highest BCUT2D eigenvalue weighted by Crippen LogP contribution is 2.33. The molecule has 0 radical (unpaired) electrons. The van der Waals surface area contributed by atoms with Gasteiger partial charge >= 0.3 is 0 Å². The highest BCUT2D eigenvalue weighted by Gasteiger charge is 2.23. The maximum absolute atomic E-state index is 11.1. The van der Waals surface area contributed by atoms with Gasteiger partial charge in [-0.1, -0.05) is 0 Å². The van der Waals surface area contributed by atoms with Crippen LogP contribution in [0.3, 0.4) is 0 Å². The first-order valence-electron chi connectivity index (χ1n) is 5.55. The summed E-state index contributed by atoms with van der Waals surface area (Å²) in [6.45, 7) is 2.89. The van der Waals surface area contributed by atoms with Crippen molar-refractivity contribution < 1.29 is 4.79 Å². The molecule has 1 aliphatic rings. The fraction of sp³-hybridized carbons (Fsp3) is 0.636. The fourth-order valence-electron chi connectivity index (χ4n) is 2.18. The Hall–Kier alpha value is -1.32. The van der Waals surface area contributed by atoms with E-state index in [2.05, 4.69) is 5.10 Å². The number of anilines is 1. The molecule has 4 heteroatoms. The third-order valence-electron chi connectivity index (χ3n) is 3.13. The van der Waals surface area contributed by atoms with E-state index in [1.54, 1.807) is 0 Å². The Morgan fingerprint density at radius 3 is 2.73 bits per heavy atom. The number of Topliss-reactive ketones (excluding diaryl/α,β-unsaturated/α-hetero) is 1. The third-order valence-corrected chi connectivity index (χ3v) is 3.13. The van der Waals surface area contributed by atoms with Crippen molar-refractivity contribution in [2.24, 2.45) is 0 Å². The molecule has 1 aliphatic carbocycles. The fourth-order valence-corrected chi connectivity index (χ4v) is 2.18. The highest BCUT2D eigenvalue weighted by molar-refractivity contribution is 5.79. The Labute approximate surface area is 89.5 Å². The lowest BCUT2D eigenvalue weighted by Gasteiger charge is -2.19. The van der Waals surface area contributed by atoms with Crippen LogP contribution < -0.4 is 5.73 Å². The summed E-state index contributed by atoms with van der Waals surface area (Å²) in [5.74, 6) is 1.45. The number of carbonyl (C=O) groups is 1. The number of hydrogen-bond donors (Lipinski definition) is 1. The van der Waals surface area contributed by atoms with Crippen LogP contribution in [0.25, 0.3) is 0 Å². The smallest absolute Gasteiger partial charge is 0.148 e. The van der Waals surface area contributed by atoms with Gasteiger partial charge in [0.2, 0.25) is 0 Å². The van der Waals surface area contributed by atoms with Gasteiger partial charge in [0.25, 0.3) is 0 Å². The molecule has 15 heavy (non-hydrogen) atoms. The zero-order valence-electron chi connectivity index (χ0n) is 9.07. The quantitative estimate of drug-likeness (QED) is 0.803. The number of nitrogens with two attached hydrogens (primary N) is 1. The SMILES string of the molecule is CCn1cc(C2CCC(=O)CC2)c(N)n1. The highest BCUT2D eigenvalue weighted by atomic mass is 16.1. The van der Waals surface area contributed by atoms with Gasteiger partial charge in [-0.2, -0.15) is 5.10 Å². The van der Waals surface area contributed by atoms with Crippen molar-refractivity contribution >= 4 is 11.6 Å². The van der Waals surface area contributed by atoms with Crippen molar-refractivity contribution in [1.82, 2.24) is 9.78 Å². The molecule has 1 aromatic rings. The number of hydrogen-bond acceptors (Lipinski definition) is 3. The Balaban J connectivity index is 2.14. The van der Waals surface area contributed by atoms with Crippen LogP contribution in [-0.4, -0.2) is 15.6 Å². The van der Waals surface area contributed by atoms with E-state index in [1.807, 2.05) is 17.8 Å². The first kappa shape index (κ1) is 10.2. The lowest BCUT2D eigenvalue weighted by molar-refractivity contribution is -0.120. The van der Waals surface area contributed by atoms with Crippen LogP contribution in [0.15, 0.2) is 6.20 Å². The van der Waals surface area contributed by atoms with Gasteiger partial charge < -0.3 is 5.73 Å². The molecule has 0 aliphatic heterocycles. The van der Waals surface area contributed by atoms with E-state index in [-0.39, 0.29) is 0 Å². The number of carbonyl (C=O) groups excluding carboxylic acids is 1. The van der Waals surface area contributed by atoms with E-state index in [0.717, 1.165) is 24.9 Å². The minimum Gasteiger partial charge on any atom is -0.382 e. The molecular weight excluding hydrogens is 190 g/mol. The average Bonchev–Trinajstić information content (AvgIpc) is 2.61. The van der Waals surface area contributed by atoms with Crippen LogP contribution in [0.2, 0.25) is 0 Å². The van der Waals surface area contributed by atoms with Gasteiger partial charge in [0.05, 0.1) is 0 Å². The molecule has 1 fully saturated rings. The van der Waals surface area contributed by atoms with E-state index in [1.165, 1.54) is 0 Å². The van der Waals surface area contributed by atoms with E-state index in [4.69, 9.17) is 5.73 Å². The molecule has 0 bridgehead atoms. The van der Waals surface area contributed by atoms with Crippen molar-refractivity contribution in [3.8, 4) is 0 Å². The van der Waals surface area contributed by atoms with Crippen LogP contribution in [-0.2, 0) is 11.3 Å². The zero-order valence-corrected chi connectivity index (χ0v) is 9.07. The summed E-state index contributed by atoms with van der Waals surface area (Å²) in [6, 6.07) is 0. The number of aryl methyl sites for hydroxylation is 1. The van der Waals surface area contributed by atoms with Crippen molar-refractivity contribution in [3.63, 3.8) is 0 Å². The molecule has 0 spiro atoms. The minimum absolute atomic E-state index is 0.382. The van der Waals surface area contributed by atoms with E-state index >= 15 is 0 Å². The summed E-state index contributed by atoms with van der Waals surface area (Å²) in [4.78, 5) is 11.1. The predicted molar refractivity (Wildman–Crippen MR) is 58.5 cm³/mol. The van der Waals surface area contributed by atoms with Crippen LogP contribution in [0.1, 0.15) is 44.1 Å². The van der Waals surface area contributed by atoms with E-state index in [0.29, 0.717) is 30.4 Å². The van der Waals surface area contributed by atoms with E-state index < -0.39 is 0 Å². The number of nitrogen functional groups attached to an aromatic ring is 1. The summed E-state index contributed by atoms with van der Waals surface area (Å²) < 4.78 is 1.86. The summed E-state index contributed by atoms with van der Waals surface area (Å²) in [5, 5.41) is 4.23. The molecule has 0 amide bonds. The second-order valence-corrected chi connectivity index (χ2v) is 4.14. The van der Waals surface area contributed by atoms with Gasteiger partial charge in [-0.3, -0.25) is 9.48 Å². The predicted octanol–water partition coefficient (Wildman–Crippen LogP) is 1.71. The Kier molecular flexibility index (Phi) is 2.75. The monoisotopic (exact) mass is 207 g/mol. The number of ketones is 1. The van der Waals surface area contributed by atoms with E-state index in [9.17, 15) is 4.79 Å². The first-order valence-corrected chi connectivity index (χ1v) is 5.55. The summed E-state index contributed by atoms with van der Waals surface area (Å²) in [7, 11) is 0. The molecule has 4 nitrogen and oxygen atoms in total. The molecule has 0 atom stereocenters. The zero-order chi connectivity index (χ0) is 10.8. The van der Waals surface area contributed by atoms with Crippen molar-refractivity contribution in [3.05, 3.63) is 11.8 Å². The Morgan fingerprint density at radius 1 is 1.53 bits per heavy atom. The Bertz CT molecular complexity index is 360. The summed E-state index contributed by atoms with van der Waals surface area (Å²) in [5.41, 5.74) is 6.99. The normalized spacial score (nSPS) is 18.3. The molecule has 0 unspecified atom stereocenters. The van der Waals surface area contributed by atoms with Crippen molar-refractivity contribution in [1.29, 1.82) is 0 Å². The average molecular weight is 207 g/mol. The van der Waals surface area contributed by atoms with Gasteiger partial charge in [0.1, 0.15) is 11.6 Å². The maximum atomic E-state index is 11.1. The summed E-state index contributed by atoms with van der Waals surface area (Å²) >= 11 is 0. The number of nitrogens with zero attached hydrogens (tertiary/aromatic N) is 2. The molecule has 1 saturated carbocycles. The maximum Gasteiger partial charge on any atom is 0.148 e. The topological polar surface area (TPSA) is 60.9 Å². The molecule has 0 aromatic carbocycles. The Morgan fingerprint density at radius 2 is 2.20 bits per heavy atom. The molecule has 1 aromatic heterocycles. The number of rotatable bonds is 2. The lowest BCUT2D eigenvalue weighted by atomic mass is 9.84. The molecule has 2 N–H and O–H groups in total. The van der Waals surface area contributed by atoms with Crippen LogP contribution in [0.4, 0.5) is 5.82 Å². The molecule has 0 saturated heterocycles. The second kappa shape index (κ2) is 4.04. The third kappa shape index (κ3) is 2.03. The van der Waals surface area contributed by atoms with Crippen LogP contribution in [0, 0.1) is 0 Å². The van der Waals surface area contributed by atoms with Gasteiger partial charge in [0.15, 0.2) is 0 Å². The van der Waals surface area contributed by atoms with Gasteiger partial charge in [-0.25, -0.2) is 0 Å². The van der Waals surface area contributed by atoms with Gasteiger partial charge in [0, 0.05) is 31.1 Å². The van der Waals surface area contributed by atoms with Gasteiger partial charge in [-0.05, 0) is 25.7 Å². The van der Waals surface area contributed by atoms with Crippen LogP contribution in [0.5, 0.6) is 0 Å². The van der Waals surface area contributed by atoms with Crippen LogP contribution >= 0.6 is 0 Å². The second-order valence-electron chi connectivity index (χ2n) is 4.14. The molecule has 2 rings (SSSR count). The minimum atomic E-state index is 0.382.